The average Bonchev–Trinajstić information content (AvgIpc) is 2.85. The summed E-state index contributed by atoms with van der Waals surface area (Å²) in [7, 11) is 3.74. The zero-order chi connectivity index (χ0) is 14.8. The number of pyridine rings is 1. The number of nitrogens with zero attached hydrogens (tertiary/aromatic N) is 3. The summed E-state index contributed by atoms with van der Waals surface area (Å²) in [5.41, 5.74) is 0.924. The van der Waals surface area contributed by atoms with E-state index in [0.717, 1.165) is 17.6 Å². The van der Waals surface area contributed by atoms with E-state index in [1.807, 2.05) is 25.1 Å². The minimum Gasteiger partial charge on any atom is -0.363 e. The first kappa shape index (κ1) is 14.6. The number of nitrogens with one attached hydrogen (secondary N) is 1. The maximum absolute atomic E-state index is 12.4. The lowest BCUT2D eigenvalue weighted by molar-refractivity contribution is -0.134. The lowest BCUT2D eigenvalue weighted by Gasteiger charge is -2.12. The number of hydrogen-bond donors (Lipinski definition) is 1. The Bertz CT molecular complexity index is 580. The molecule has 0 aliphatic rings. The second-order valence-corrected chi connectivity index (χ2v) is 5.33. The van der Waals surface area contributed by atoms with E-state index in [2.05, 4.69) is 15.3 Å². The minimum absolute atomic E-state index is 0.251. The number of hydrogen-bond acceptors (Lipinski definition) is 5. The molecular weight excluding hydrogens is 289 g/mol. The fraction of sp³-hybridized carbons (Fsp3) is 0.333. The number of rotatable bonds is 4. The van der Waals surface area contributed by atoms with E-state index >= 15 is 0 Å². The zero-order valence-corrected chi connectivity index (χ0v) is 11.7. The van der Waals surface area contributed by atoms with Gasteiger partial charge in [0.2, 0.25) is 0 Å². The van der Waals surface area contributed by atoms with Gasteiger partial charge in [-0.1, -0.05) is 11.3 Å². The summed E-state index contributed by atoms with van der Waals surface area (Å²) in [6.45, 7) is 0.397. The van der Waals surface area contributed by atoms with Gasteiger partial charge in [0, 0.05) is 26.8 Å². The molecule has 0 saturated carbocycles. The molecule has 0 fully saturated rings. The number of aromatic nitrogens is 2. The molecule has 0 aliphatic heterocycles. The Morgan fingerprint density at radius 1 is 1.30 bits per heavy atom. The van der Waals surface area contributed by atoms with E-state index in [-0.39, 0.29) is 5.13 Å². The van der Waals surface area contributed by atoms with Gasteiger partial charge in [-0.2, -0.15) is 13.2 Å². The van der Waals surface area contributed by atoms with Crippen molar-refractivity contribution in [3.8, 4) is 0 Å². The Morgan fingerprint density at radius 3 is 2.65 bits per heavy atom. The Balaban J connectivity index is 2.02. The smallest absolute Gasteiger partial charge is 0.363 e. The standard InChI is InChI=1S/C12H13F3N4S/c1-19(2)10-5-8(3-4-16-10)6-17-11-18-7-9(20-11)12(13,14)15/h3-5,7H,6H2,1-2H3,(H,17,18). The van der Waals surface area contributed by atoms with Crippen LogP contribution in [0.5, 0.6) is 0 Å². The van der Waals surface area contributed by atoms with E-state index in [0.29, 0.717) is 17.9 Å². The van der Waals surface area contributed by atoms with Crippen molar-refractivity contribution in [2.45, 2.75) is 12.7 Å². The predicted octanol–water partition coefficient (Wildman–Crippen LogP) is 3.24. The molecule has 2 aromatic heterocycles. The van der Waals surface area contributed by atoms with Crippen LogP contribution in [0.2, 0.25) is 0 Å². The molecule has 0 radical (unpaired) electrons. The third-order valence-corrected chi connectivity index (χ3v) is 3.50. The predicted molar refractivity (Wildman–Crippen MR) is 73.0 cm³/mol. The summed E-state index contributed by atoms with van der Waals surface area (Å²) in [6.07, 6.45) is -1.84. The van der Waals surface area contributed by atoms with Gasteiger partial charge in [0.05, 0.1) is 6.20 Å². The van der Waals surface area contributed by atoms with Gasteiger partial charge < -0.3 is 10.2 Å². The molecule has 20 heavy (non-hydrogen) atoms. The maximum Gasteiger partial charge on any atom is 0.427 e. The second-order valence-electron chi connectivity index (χ2n) is 4.30. The number of alkyl halides is 3. The van der Waals surface area contributed by atoms with Crippen LogP contribution in [-0.4, -0.2) is 24.1 Å². The van der Waals surface area contributed by atoms with Crippen LogP contribution >= 0.6 is 11.3 Å². The molecule has 0 spiro atoms. The van der Waals surface area contributed by atoms with Crippen molar-refractivity contribution >= 4 is 22.3 Å². The van der Waals surface area contributed by atoms with Crippen LogP contribution in [-0.2, 0) is 12.7 Å². The van der Waals surface area contributed by atoms with Crippen LogP contribution in [0.1, 0.15) is 10.4 Å². The Morgan fingerprint density at radius 2 is 2.05 bits per heavy atom. The highest BCUT2D eigenvalue weighted by molar-refractivity contribution is 7.15. The minimum atomic E-state index is -4.34. The van der Waals surface area contributed by atoms with Crippen molar-refractivity contribution in [2.75, 3.05) is 24.3 Å². The maximum atomic E-state index is 12.4. The molecule has 0 bridgehead atoms. The van der Waals surface area contributed by atoms with Crippen molar-refractivity contribution in [1.29, 1.82) is 0 Å². The highest BCUT2D eigenvalue weighted by Gasteiger charge is 2.33. The fourth-order valence-electron chi connectivity index (χ4n) is 1.48. The third kappa shape index (κ3) is 3.60. The largest absolute Gasteiger partial charge is 0.427 e. The molecule has 0 saturated heterocycles. The van der Waals surface area contributed by atoms with Crippen LogP contribution in [0.25, 0.3) is 0 Å². The molecule has 0 unspecified atom stereocenters. The van der Waals surface area contributed by atoms with Gasteiger partial charge >= 0.3 is 6.18 Å². The van der Waals surface area contributed by atoms with Crippen molar-refractivity contribution in [3.05, 3.63) is 35.0 Å². The zero-order valence-electron chi connectivity index (χ0n) is 10.9. The molecule has 4 nitrogen and oxygen atoms in total. The van der Waals surface area contributed by atoms with Crippen molar-refractivity contribution < 1.29 is 13.2 Å². The van der Waals surface area contributed by atoms with Crippen molar-refractivity contribution in [2.24, 2.45) is 0 Å². The van der Waals surface area contributed by atoms with Crippen LogP contribution in [0.3, 0.4) is 0 Å². The van der Waals surface area contributed by atoms with Gasteiger partial charge in [-0.3, -0.25) is 0 Å². The number of anilines is 2. The molecule has 1 N–H and O–H groups in total. The molecule has 108 valence electrons. The van der Waals surface area contributed by atoms with E-state index in [9.17, 15) is 13.2 Å². The molecule has 8 heteroatoms. The van der Waals surface area contributed by atoms with Crippen LogP contribution in [0, 0.1) is 0 Å². The highest BCUT2D eigenvalue weighted by atomic mass is 32.1. The third-order valence-electron chi connectivity index (χ3n) is 2.50. The van der Waals surface area contributed by atoms with Gasteiger partial charge in [-0.15, -0.1) is 0 Å². The molecule has 0 aliphatic carbocycles. The van der Waals surface area contributed by atoms with Gasteiger partial charge in [0.1, 0.15) is 10.7 Å². The molecule has 2 heterocycles. The number of halogens is 3. The van der Waals surface area contributed by atoms with Crippen LogP contribution in [0.4, 0.5) is 24.1 Å². The average molecular weight is 302 g/mol. The van der Waals surface area contributed by atoms with E-state index in [1.165, 1.54) is 0 Å². The monoisotopic (exact) mass is 302 g/mol. The molecule has 2 aromatic rings. The van der Waals surface area contributed by atoms with E-state index < -0.39 is 11.1 Å². The van der Waals surface area contributed by atoms with Crippen molar-refractivity contribution in [1.82, 2.24) is 9.97 Å². The summed E-state index contributed by atoms with van der Waals surface area (Å²) < 4.78 is 37.3. The van der Waals surface area contributed by atoms with Crippen LogP contribution in [0.15, 0.2) is 24.5 Å². The SMILES string of the molecule is CN(C)c1cc(CNc2ncc(C(F)(F)F)s2)ccn1. The Kier molecular flexibility index (Phi) is 4.12. The highest BCUT2D eigenvalue weighted by Crippen LogP contribution is 2.35. The van der Waals surface area contributed by atoms with Gasteiger partial charge in [-0.25, -0.2) is 9.97 Å². The van der Waals surface area contributed by atoms with E-state index in [1.54, 1.807) is 12.3 Å². The first-order valence-corrected chi connectivity index (χ1v) is 6.57. The lowest BCUT2D eigenvalue weighted by atomic mass is 10.2. The molecule has 0 amide bonds. The summed E-state index contributed by atoms with van der Waals surface area (Å²) in [5, 5.41) is 3.13. The Hall–Kier alpha value is -1.83. The lowest BCUT2D eigenvalue weighted by Crippen LogP contribution is -2.11. The fourth-order valence-corrected chi connectivity index (χ4v) is 2.16. The molecule has 0 aromatic carbocycles. The first-order valence-electron chi connectivity index (χ1n) is 5.75. The Labute approximate surface area is 118 Å². The summed E-state index contributed by atoms with van der Waals surface area (Å²) in [4.78, 5) is 9.03. The normalized spacial score (nSPS) is 11.4. The summed E-state index contributed by atoms with van der Waals surface area (Å²) >= 11 is 0.596. The van der Waals surface area contributed by atoms with Crippen molar-refractivity contribution in [3.63, 3.8) is 0 Å². The van der Waals surface area contributed by atoms with Gasteiger partial charge in [-0.05, 0) is 17.7 Å². The number of thiazole rings is 1. The molecule has 0 atom stereocenters. The summed E-state index contributed by atoms with van der Waals surface area (Å²) in [5.74, 6) is 0.791. The molecular formula is C12H13F3N4S. The van der Waals surface area contributed by atoms with Crippen LogP contribution < -0.4 is 10.2 Å². The quantitative estimate of drug-likeness (QED) is 0.941. The topological polar surface area (TPSA) is 41.0 Å². The van der Waals surface area contributed by atoms with Gasteiger partial charge in [0.25, 0.3) is 0 Å². The second kappa shape index (κ2) is 5.66. The molecule has 2 rings (SSSR count). The first-order chi connectivity index (χ1) is 9.36. The van der Waals surface area contributed by atoms with Gasteiger partial charge in [0.15, 0.2) is 5.13 Å². The summed E-state index contributed by atoms with van der Waals surface area (Å²) in [6, 6.07) is 3.67. The van der Waals surface area contributed by atoms with E-state index in [4.69, 9.17) is 0 Å².